The summed E-state index contributed by atoms with van der Waals surface area (Å²) >= 11 is 0. The molecule has 0 heterocycles. The lowest BCUT2D eigenvalue weighted by Gasteiger charge is -2.17. The number of rotatable bonds is 8. The van der Waals surface area contributed by atoms with E-state index in [2.05, 4.69) is 5.32 Å². The highest BCUT2D eigenvalue weighted by Crippen LogP contribution is 2.08. The largest absolute Gasteiger partial charge is 0.478 e. The lowest BCUT2D eigenvalue weighted by Crippen LogP contribution is -2.36. The second-order valence-corrected chi connectivity index (χ2v) is 3.90. The molecule has 0 bridgehead atoms. The van der Waals surface area contributed by atoms with E-state index in [0.29, 0.717) is 13.2 Å². The van der Waals surface area contributed by atoms with E-state index in [0.717, 1.165) is 0 Å². The van der Waals surface area contributed by atoms with Gasteiger partial charge >= 0.3 is 5.97 Å². The van der Waals surface area contributed by atoms with Crippen LogP contribution in [0.3, 0.4) is 0 Å². The van der Waals surface area contributed by atoms with Gasteiger partial charge in [0, 0.05) is 13.2 Å². The summed E-state index contributed by atoms with van der Waals surface area (Å²) in [7, 11) is 0. The first-order valence-electron chi connectivity index (χ1n) is 6.43. The van der Waals surface area contributed by atoms with Gasteiger partial charge in [0.25, 0.3) is 5.91 Å². The Morgan fingerprint density at radius 3 is 2.20 bits per heavy atom. The van der Waals surface area contributed by atoms with Gasteiger partial charge in [-0.1, -0.05) is 12.1 Å². The van der Waals surface area contributed by atoms with Gasteiger partial charge < -0.3 is 19.9 Å². The Balaban J connectivity index is 2.69. The van der Waals surface area contributed by atoms with Crippen LogP contribution >= 0.6 is 0 Å². The molecule has 0 aliphatic rings. The number of carbonyl (C=O) groups is 2. The number of aromatic carboxylic acids is 1. The number of nitrogens with one attached hydrogen (secondary N) is 1. The Kier molecular flexibility index (Phi) is 6.69. The average Bonchev–Trinajstić information content (AvgIpc) is 2.45. The molecule has 6 nitrogen and oxygen atoms in total. The molecule has 20 heavy (non-hydrogen) atoms. The van der Waals surface area contributed by atoms with E-state index in [-0.39, 0.29) is 17.7 Å². The van der Waals surface area contributed by atoms with Crippen LogP contribution in [0, 0.1) is 0 Å². The molecule has 0 saturated carbocycles. The van der Waals surface area contributed by atoms with E-state index in [4.69, 9.17) is 14.6 Å². The van der Waals surface area contributed by atoms with Gasteiger partial charge in [-0.3, -0.25) is 4.79 Å². The van der Waals surface area contributed by atoms with Crippen molar-refractivity contribution in [1.82, 2.24) is 5.32 Å². The third kappa shape index (κ3) is 4.64. The molecule has 0 aliphatic carbocycles. The quantitative estimate of drug-likeness (QED) is 0.706. The number of hydrogen-bond donors (Lipinski definition) is 2. The fraction of sp³-hybridized carbons (Fsp3) is 0.429. The van der Waals surface area contributed by atoms with Crippen LogP contribution in [0.15, 0.2) is 24.3 Å². The van der Waals surface area contributed by atoms with E-state index in [1.165, 1.54) is 12.1 Å². The molecule has 1 amide bonds. The van der Waals surface area contributed by atoms with Gasteiger partial charge in [0.2, 0.25) is 0 Å². The molecular formula is C14H19NO5. The third-order valence-electron chi connectivity index (χ3n) is 2.54. The Hall–Kier alpha value is -1.92. The van der Waals surface area contributed by atoms with E-state index in [1.807, 2.05) is 13.8 Å². The molecule has 1 aromatic rings. The standard InChI is InChI=1S/C14H19NO5/c1-3-19-12(20-4-2)9-15-13(16)10-7-5-6-8-11(10)14(17)18/h5-8,12H,3-4,9H2,1-2H3,(H,15,16)(H,17,18). The molecule has 1 rings (SSSR count). The third-order valence-corrected chi connectivity index (χ3v) is 2.54. The maximum absolute atomic E-state index is 12.0. The van der Waals surface area contributed by atoms with Crippen molar-refractivity contribution in [2.24, 2.45) is 0 Å². The minimum atomic E-state index is -1.14. The minimum absolute atomic E-state index is 0.0330. The molecule has 0 aliphatic heterocycles. The Labute approximate surface area is 117 Å². The smallest absolute Gasteiger partial charge is 0.336 e. The topological polar surface area (TPSA) is 84.9 Å². The zero-order chi connectivity index (χ0) is 15.0. The zero-order valence-corrected chi connectivity index (χ0v) is 11.6. The van der Waals surface area contributed by atoms with Crippen LogP contribution < -0.4 is 5.32 Å². The normalized spacial score (nSPS) is 10.6. The van der Waals surface area contributed by atoms with E-state index in [9.17, 15) is 9.59 Å². The number of amides is 1. The first-order chi connectivity index (χ1) is 9.60. The maximum Gasteiger partial charge on any atom is 0.336 e. The second-order valence-electron chi connectivity index (χ2n) is 3.90. The highest BCUT2D eigenvalue weighted by molar-refractivity contribution is 6.04. The van der Waals surface area contributed by atoms with Gasteiger partial charge in [-0.2, -0.15) is 0 Å². The van der Waals surface area contributed by atoms with Crippen LogP contribution in [-0.4, -0.2) is 43.0 Å². The van der Waals surface area contributed by atoms with E-state index >= 15 is 0 Å². The first kappa shape index (κ1) is 16.1. The highest BCUT2D eigenvalue weighted by Gasteiger charge is 2.17. The molecule has 1 aromatic carbocycles. The first-order valence-corrected chi connectivity index (χ1v) is 6.43. The molecule has 0 saturated heterocycles. The SMILES string of the molecule is CCOC(CNC(=O)c1ccccc1C(=O)O)OCC. The lowest BCUT2D eigenvalue weighted by molar-refractivity contribution is -0.131. The summed E-state index contributed by atoms with van der Waals surface area (Å²) in [6, 6.07) is 6.04. The van der Waals surface area contributed by atoms with Crippen molar-refractivity contribution in [2.75, 3.05) is 19.8 Å². The van der Waals surface area contributed by atoms with E-state index in [1.54, 1.807) is 12.1 Å². The number of hydrogen-bond acceptors (Lipinski definition) is 4. The maximum atomic E-state index is 12.0. The van der Waals surface area contributed by atoms with Crippen LogP contribution in [0.5, 0.6) is 0 Å². The summed E-state index contributed by atoms with van der Waals surface area (Å²) in [6.07, 6.45) is -0.536. The molecule has 110 valence electrons. The molecule has 0 spiro atoms. The van der Waals surface area contributed by atoms with Crippen molar-refractivity contribution in [2.45, 2.75) is 20.1 Å². The van der Waals surface area contributed by atoms with Crippen LogP contribution in [-0.2, 0) is 9.47 Å². The number of carboxylic acids is 1. The number of carboxylic acid groups (broad SMARTS) is 1. The molecular weight excluding hydrogens is 262 g/mol. The van der Waals surface area contributed by atoms with Gasteiger partial charge in [-0.15, -0.1) is 0 Å². The fourth-order valence-electron chi connectivity index (χ4n) is 1.68. The van der Waals surface area contributed by atoms with Crippen molar-refractivity contribution in [3.8, 4) is 0 Å². The number of carbonyl (C=O) groups excluding carboxylic acids is 1. The van der Waals surface area contributed by atoms with Crippen LogP contribution in [0.1, 0.15) is 34.6 Å². The van der Waals surface area contributed by atoms with Gasteiger partial charge in [0.1, 0.15) is 0 Å². The monoisotopic (exact) mass is 281 g/mol. The Morgan fingerprint density at radius 1 is 1.15 bits per heavy atom. The lowest BCUT2D eigenvalue weighted by atomic mass is 10.1. The molecule has 6 heteroatoms. The molecule has 0 fully saturated rings. The summed E-state index contributed by atoms with van der Waals surface area (Å²) in [4.78, 5) is 23.0. The van der Waals surface area contributed by atoms with Crippen molar-refractivity contribution in [1.29, 1.82) is 0 Å². The van der Waals surface area contributed by atoms with Crippen molar-refractivity contribution in [3.05, 3.63) is 35.4 Å². The van der Waals surface area contributed by atoms with E-state index < -0.39 is 18.2 Å². The molecule has 0 unspecified atom stereocenters. The zero-order valence-electron chi connectivity index (χ0n) is 11.6. The van der Waals surface area contributed by atoms with Crippen molar-refractivity contribution < 1.29 is 24.2 Å². The summed E-state index contributed by atoms with van der Waals surface area (Å²) in [5.74, 6) is -1.60. The van der Waals surface area contributed by atoms with Crippen molar-refractivity contribution in [3.63, 3.8) is 0 Å². The van der Waals surface area contributed by atoms with Crippen molar-refractivity contribution >= 4 is 11.9 Å². The molecule has 0 atom stereocenters. The summed E-state index contributed by atoms with van der Waals surface area (Å²) in [6.45, 7) is 4.74. The van der Waals surface area contributed by atoms with Gasteiger partial charge in [-0.25, -0.2) is 4.79 Å². The van der Waals surface area contributed by atoms with Crippen LogP contribution in [0.25, 0.3) is 0 Å². The number of ether oxygens (including phenoxy) is 2. The minimum Gasteiger partial charge on any atom is -0.478 e. The molecule has 0 aromatic heterocycles. The molecule has 2 N–H and O–H groups in total. The average molecular weight is 281 g/mol. The summed E-state index contributed by atoms with van der Waals surface area (Å²) < 4.78 is 10.6. The predicted octanol–water partition coefficient (Wildman–Crippen LogP) is 1.51. The van der Waals surface area contributed by atoms with Crippen LogP contribution in [0.4, 0.5) is 0 Å². The number of benzene rings is 1. The second kappa shape index (κ2) is 8.29. The fourth-order valence-corrected chi connectivity index (χ4v) is 1.68. The van der Waals surface area contributed by atoms with Gasteiger partial charge in [0.15, 0.2) is 6.29 Å². The Bertz CT molecular complexity index is 455. The summed E-state index contributed by atoms with van der Waals surface area (Å²) in [5, 5.41) is 11.6. The highest BCUT2D eigenvalue weighted by atomic mass is 16.7. The summed E-state index contributed by atoms with van der Waals surface area (Å²) in [5.41, 5.74) is 0.0844. The van der Waals surface area contributed by atoms with Gasteiger partial charge in [-0.05, 0) is 26.0 Å². The molecule has 0 radical (unpaired) electrons. The van der Waals surface area contributed by atoms with Crippen LogP contribution in [0.2, 0.25) is 0 Å². The predicted molar refractivity (Wildman–Crippen MR) is 72.8 cm³/mol. The Morgan fingerprint density at radius 2 is 1.70 bits per heavy atom. The van der Waals surface area contributed by atoms with Gasteiger partial charge in [0.05, 0.1) is 17.7 Å².